The van der Waals surface area contributed by atoms with Gasteiger partial charge in [-0.1, -0.05) is 17.8 Å². The number of aromatic nitrogens is 2. The van der Waals surface area contributed by atoms with Crippen LogP contribution >= 0.6 is 23.1 Å². The van der Waals surface area contributed by atoms with E-state index in [-0.39, 0.29) is 17.3 Å². The van der Waals surface area contributed by atoms with Crippen molar-refractivity contribution < 1.29 is 9.72 Å². The molecule has 1 aromatic carbocycles. The van der Waals surface area contributed by atoms with E-state index in [0.29, 0.717) is 10.7 Å². The molecular formula is C16H12N4O3S2. The van der Waals surface area contributed by atoms with Crippen LogP contribution < -0.4 is 5.32 Å². The third kappa shape index (κ3) is 4.61. The minimum Gasteiger partial charge on any atom is -0.325 e. The number of thioether (sulfide) groups is 1. The molecule has 0 saturated heterocycles. The SMILES string of the molecule is O=C(CSc1ccc(-c2cccs2)nn1)Nc1ccc([N+](=O)[O-])cc1. The summed E-state index contributed by atoms with van der Waals surface area (Å²) in [5.74, 6) is -0.0488. The molecule has 0 aliphatic heterocycles. The number of hydrogen-bond donors (Lipinski definition) is 1. The third-order valence-corrected chi connectivity index (χ3v) is 4.94. The van der Waals surface area contributed by atoms with E-state index in [0.717, 1.165) is 10.6 Å². The van der Waals surface area contributed by atoms with Gasteiger partial charge in [0.2, 0.25) is 5.91 Å². The van der Waals surface area contributed by atoms with E-state index in [4.69, 9.17) is 0 Å². The summed E-state index contributed by atoms with van der Waals surface area (Å²) in [6.07, 6.45) is 0. The fourth-order valence-corrected chi connectivity index (χ4v) is 3.26. The van der Waals surface area contributed by atoms with Crippen LogP contribution in [0.5, 0.6) is 0 Å². The first kappa shape index (κ1) is 17.1. The Labute approximate surface area is 151 Å². The first-order valence-electron chi connectivity index (χ1n) is 7.16. The lowest BCUT2D eigenvalue weighted by molar-refractivity contribution is -0.384. The van der Waals surface area contributed by atoms with Crippen molar-refractivity contribution in [3.05, 3.63) is 64.0 Å². The maximum atomic E-state index is 11.9. The molecule has 0 fully saturated rings. The van der Waals surface area contributed by atoms with Crippen LogP contribution in [0.2, 0.25) is 0 Å². The predicted octanol–water partition coefficient (Wildman–Crippen LogP) is 3.84. The zero-order chi connectivity index (χ0) is 17.6. The van der Waals surface area contributed by atoms with Gasteiger partial charge in [0.1, 0.15) is 10.7 Å². The van der Waals surface area contributed by atoms with Crippen LogP contribution in [-0.4, -0.2) is 26.8 Å². The largest absolute Gasteiger partial charge is 0.325 e. The van der Waals surface area contributed by atoms with Gasteiger partial charge in [-0.15, -0.1) is 21.5 Å². The molecular weight excluding hydrogens is 360 g/mol. The standard InChI is InChI=1S/C16H12N4O3S2/c21-15(17-11-3-5-12(6-4-11)20(22)23)10-25-16-8-7-13(18-19-16)14-2-1-9-24-14/h1-9H,10H2,(H,17,21). The Kier molecular flexibility index (Phi) is 5.36. The van der Waals surface area contributed by atoms with Crippen molar-refractivity contribution in [1.29, 1.82) is 0 Å². The van der Waals surface area contributed by atoms with Crippen LogP contribution in [0.3, 0.4) is 0 Å². The van der Waals surface area contributed by atoms with Crippen molar-refractivity contribution in [3.63, 3.8) is 0 Å². The Hall–Kier alpha value is -2.78. The summed E-state index contributed by atoms with van der Waals surface area (Å²) in [7, 11) is 0. The van der Waals surface area contributed by atoms with Crippen LogP contribution in [0.15, 0.2) is 58.9 Å². The van der Waals surface area contributed by atoms with E-state index in [1.54, 1.807) is 11.3 Å². The average Bonchev–Trinajstić information content (AvgIpc) is 3.15. The number of nitrogens with one attached hydrogen (secondary N) is 1. The van der Waals surface area contributed by atoms with Gasteiger partial charge in [-0.05, 0) is 35.7 Å². The van der Waals surface area contributed by atoms with Crippen molar-refractivity contribution in [3.8, 4) is 10.6 Å². The summed E-state index contributed by atoms with van der Waals surface area (Å²) in [6, 6.07) is 13.3. The molecule has 0 saturated carbocycles. The molecule has 1 amide bonds. The number of carbonyl (C=O) groups is 1. The van der Waals surface area contributed by atoms with Gasteiger partial charge in [-0.25, -0.2) is 0 Å². The molecule has 7 nitrogen and oxygen atoms in total. The molecule has 0 unspecified atom stereocenters. The molecule has 0 aliphatic rings. The monoisotopic (exact) mass is 372 g/mol. The number of nitro groups is 1. The Morgan fingerprint density at radius 1 is 1.16 bits per heavy atom. The molecule has 0 radical (unpaired) electrons. The highest BCUT2D eigenvalue weighted by Crippen LogP contribution is 2.23. The molecule has 0 bridgehead atoms. The number of nitro benzene ring substituents is 1. The molecule has 25 heavy (non-hydrogen) atoms. The average molecular weight is 372 g/mol. The molecule has 9 heteroatoms. The fraction of sp³-hybridized carbons (Fsp3) is 0.0625. The second-order valence-electron chi connectivity index (χ2n) is 4.87. The minimum absolute atomic E-state index is 0.0199. The van der Waals surface area contributed by atoms with Crippen LogP contribution in [0.1, 0.15) is 0 Å². The van der Waals surface area contributed by atoms with Crippen LogP contribution in [0, 0.1) is 10.1 Å². The summed E-state index contributed by atoms with van der Waals surface area (Å²) in [5, 5.41) is 24.2. The second-order valence-corrected chi connectivity index (χ2v) is 6.82. The van der Waals surface area contributed by atoms with E-state index in [1.807, 2.05) is 29.6 Å². The van der Waals surface area contributed by atoms with E-state index < -0.39 is 4.92 Å². The normalized spacial score (nSPS) is 10.4. The van der Waals surface area contributed by atoms with E-state index in [2.05, 4.69) is 15.5 Å². The molecule has 3 rings (SSSR count). The number of anilines is 1. The van der Waals surface area contributed by atoms with Gasteiger partial charge >= 0.3 is 0 Å². The summed E-state index contributed by atoms with van der Waals surface area (Å²) >= 11 is 2.86. The highest BCUT2D eigenvalue weighted by atomic mass is 32.2. The Morgan fingerprint density at radius 2 is 1.96 bits per heavy atom. The van der Waals surface area contributed by atoms with E-state index >= 15 is 0 Å². The molecule has 126 valence electrons. The predicted molar refractivity (Wildman–Crippen MR) is 97.8 cm³/mol. The van der Waals surface area contributed by atoms with Crippen molar-refractivity contribution in [2.45, 2.75) is 5.03 Å². The van der Waals surface area contributed by atoms with Gasteiger partial charge in [0.25, 0.3) is 5.69 Å². The zero-order valence-corrected chi connectivity index (χ0v) is 14.4. The molecule has 2 aromatic heterocycles. The van der Waals surface area contributed by atoms with Gasteiger partial charge in [-0.3, -0.25) is 14.9 Å². The molecule has 2 heterocycles. The Bertz CT molecular complexity index is 865. The number of benzene rings is 1. The summed E-state index contributed by atoms with van der Waals surface area (Å²) in [5.41, 5.74) is 1.29. The Morgan fingerprint density at radius 3 is 2.56 bits per heavy atom. The lowest BCUT2D eigenvalue weighted by Crippen LogP contribution is -2.14. The number of thiophene rings is 1. The van der Waals surface area contributed by atoms with Gasteiger partial charge < -0.3 is 5.32 Å². The zero-order valence-electron chi connectivity index (χ0n) is 12.8. The topological polar surface area (TPSA) is 98.0 Å². The number of nitrogens with zero attached hydrogens (tertiary/aromatic N) is 3. The number of hydrogen-bond acceptors (Lipinski definition) is 7. The number of carbonyl (C=O) groups excluding carboxylic acids is 1. The fourth-order valence-electron chi connectivity index (χ4n) is 1.96. The first-order valence-corrected chi connectivity index (χ1v) is 9.03. The van der Waals surface area contributed by atoms with Crippen LogP contribution in [-0.2, 0) is 4.79 Å². The van der Waals surface area contributed by atoms with Crippen LogP contribution in [0.25, 0.3) is 10.6 Å². The second kappa shape index (κ2) is 7.86. The van der Waals surface area contributed by atoms with Crippen molar-refractivity contribution in [1.82, 2.24) is 10.2 Å². The van der Waals surface area contributed by atoms with Crippen molar-refractivity contribution in [2.24, 2.45) is 0 Å². The highest BCUT2D eigenvalue weighted by molar-refractivity contribution is 7.99. The number of amides is 1. The molecule has 1 N–H and O–H groups in total. The summed E-state index contributed by atoms with van der Waals surface area (Å²) < 4.78 is 0. The highest BCUT2D eigenvalue weighted by Gasteiger charge is 2.08. The smallest absolute Gasteiger partial charge is 0.269 e. The van der Waals surface area contributed by atoms with Crippen molar-refractivity contribution >= 4 is 40.4 Å². The molecule has 0 atom stereocenters. The maximum Gasteiger partial charge on any atom is 0.269 e. The van der Waals surface area contributed by atoms with Gasteiger partial charge in [0.05, 0.1) is 15.6 Å². The molecule has 0 aliphatic carbocycles. The van der Waals surface area contributed by atoms with E-state index in [9.17, 15) is 14.9 Å². The third-order valence-electron chi connectivity index (χ3n) is 3.13. The minimum atomic E-state index is -0.486. The van der Waals surface area contributed by atoms with Crippen molar-refractivity contribution in [2.75, 3.05) is 11.1 Å². The summed E-state index contributed by atoms with van der Waals surface area (Å²) in [6.45, 7) is 0. The van der Waals surface area contributed by atoms with Gasteiger partial charge in [0, 0.05) is 17.8 Å². The lowest BCUT2D eigenvalue weighted by Gasteiger charge is -2.04. The summed E-state index contributed by atoms with van der Waals surface area (Å²) in [4.78, 5) is 23.1. The number of non-ortho nitro benzene ring substituents is 1. The Balaban J connectivity index is 1.52. The lowest BCUT2D eigenvalue weighted by atomic mass is 10.3. The first-order chi connectivity index (χ1) is 12.1. The van der Waals surface area contributed by atoms with Gasteiger partial charge in [-0.2, -0.15) is 0 Å². The maximum absolute atomic E-state index is 11.9. The van der Waals surface area contributed by atoms with E-state index in [1.165, 1.54) is 36.0 Å². The van der Waals surface area contributed by atoms with Crippen LogP contribution in [0.4, 0.5) is 11.4 Å². The quantitative estimate of drug-likeness (QED) is 0.401. The molecule has 3 aromatic rings. The molecule has 0 spiro atoms. The van der Waals surface area contributed by atoms with Gasteiger partial charge in [0.15, 0.2) is 0 Å². The number of rotatable bonds is 6.